The first kappa shape index (κ1) is 22.4. The molecule has 8 heteroatoms. The third-order valence-electron chi connectivity index (χ3n) is 5.95. The molecule has 1 saturated carbocycles. The molecule has 0 unspecified atom stereocenters. The number of hydrogen-bond acceptors (Lipinski definition) is 5. The second-order valence-corrected chi connectivity index (χ2v) is 10.1. The van der Waals surface area contributed by atoms with Gasteiger partial charge in [-0.05, 0) is 69.0 Å². The summed E-state index contributed by atoms with van der Waals surface area (Å²) in [6, 6.07) is 12.2. The maximum atomic E-state index is 12.5. The van der Waals surface area contributed by atoms with Gasteiger partial charge in [-0.1, -0.05) is 25.0 Å². The Morgan fingerprint density at radius 2 is 1.62 bits per heavy atom. The van der Waals surface area contributed by atoms with Gasteiger partial charge in [-0.3, -0.25) is 4.79 Å². The molecule has 0 saturated heterocycles. The summed E-state index contributed by atoms with van der Waals surface area (Å²) < 4.78 is 27.8. The van der Waals surface area contributed by atoms with Gasteiger partial charge in [0.1, 0.15) is 0 Å². The van der Waals surface area contributed by atoms with Crippen molar-refractivity contribution in [3.63, 3.8) is 0 Å². The Balaban J connectivity index is 1.33. The molecule has 168 valence electrons. The van der Waals surface area contributed by atoms with Crippen LogP contribution >= 0.6 is 0 Å². The molecule has 3 aromatic rings. The first-order valence-electron chi connectivity index (χ1n) is 11.0. The van der Waals surface area contributed by atoms with E-state index in [1.165, 1.54) is 0 Å². The summed E-state index contributed by atoms with van der Waals surface area (Å²) in [5.41, 5.74) is 4.68. The van der Waals surface area contributed by atoms with Gasteiger partial charge in [0.15, 0.2) is 0 Å². The van der Waals surface area contributed by atoms with E-state index < -0.39 is 10.0 Å². The lowest BCUT2D eigenvalue weighted by Crippen LogP contribution is -2.32. The predicted molar refractivity (Wildman–Crippen MR) is 124 cm³/mol. The standard InChI is InChI=1S/C24H28N4O3S/c1-16-17(2)27-23-15-19(9-12-22(23)26-16)24(29)25-14-13-18-7-10-21(11-8-18)32(30,31)28-20-5-3-4-6-20/h7-12,15,20,28H,3-6,13-14H2,1-2H3,(H,25,29). The number of rotatable bonds is 7. The number of carbonyl (C=O) groups is 1. The smallest absolute Gasteiger partial charge is 0.251 e. The van der Waals surface area contributed by atoms with Crippen LogP contribution in [0.25, 0.3) is 11.0 Å². The largest absolute Gasteiger partial charge is 0.352 e. The van der Waals surface area contributed by atoms with Gasteiger partial charge in [0, 0.05) is 18.2 Å². The fraction of sp³-hybridized carbons (Fsp3) is 0.375. The SMILES string of the molecule is Cc1nc2ccc(C(=O)NCCc3ccc(S(=O)(=O)NC4CCCC4)cc3)cc2nc1C. The fourth-order valence-electron chi connectivity index (χ4n) is 3.96. The molecule has 1 aliphatic rings. The average Bonchev–Trinajstić information content (AvgIpc) is 3.27. The van der Waals surface area contributed by atoms with E-state index in [-0.39, 0.29) is 16.8 Å². The van der Waals surface area contributed by atoms with Crippen molar-refractivity contribution in [2.24, 2.45) is 0 Å². The van der Waals surface area contributed by atoms with Crippen molar-refractivity contribution < 1.29 is 13.2 Å². The summed E-state index contributed by atoms with van der Waals surface area (Å²) in [7, 11) is -3.49. The molecule has 1 amide bonds. The molecule has 0 radical (unpaired) electrons. The van der Waals surface area contributed by atoms with Gasteiger partial charge in [-0.2, -0.15) is 0 Å². The summed E-state index contributed by atoms with van der Waals surface area (Å²) in [5, 5.41) is 2.91. The molecule has 2 aromatic carbocycles. The molecule has 0 aliphatic heterocycles. The Kier molecular flexibility index (Phi) is 6.53. The highest BCUT2D eigenvalue weighted by Gasteiger charge is 2.22. The van der Waals surface area contributed by atoms with Crippen molar-refractivity contribution in [2.45, 2.75) is 56.9 Å². The van der Waals surface area contributed by atoms with E-state index in [0.29, 0.717) is 24.0 Å². The number of amides is 1. The van der Waals surface area contributed by atoms with Crippen LogP contribution in [0, 0.1) is 13.8 Å². The normalized spacial score (nSPS) is 14.7. The van der Waals surface area contributed by atoms with Crippen LogP contribution in [0.5, 0.6) is 0 Å². The van der Waals surface area contributed by atoms with Crippen LogP contribution in [0.4, 0.5) is 0 Å². The summed E-state index contributed by atoms with van der Waals surface area (Å²) in [6.45, 7) is 4.26. The van der Waals surface area contributed by atoms with Gasteiger partial charge in [-0.15, -0.1) is 0 Å². The third kappa shape index (κ3) is 5.14. The first-order chi connectivity index (χ1) is 15.3. The number of hydrogen-bond donors (Lipinski definition) is 2. The number of nitrogens with zero attached hydrogens (tertiary/aromatic N) is 2. The lowest BCUT2D eigenvalue weighted by Gasteiger charge is -2.13. The van der Waals surface area contributed by atoms with Gasteiger partial charge >= 0.3 is 0 Å². The predicted octanol–water partition coefficient (Wildman–Crippen LogP) is 3.44. The Bertz CT molecular complexity index is 1230. The van der Waals surface area contributed by atoms with E-state index >= 15 is 0 Å². The number of sulfonamides is 1. The number of carbonyl (C=O) groups excluding carboxylic acids is 1. The van der Waals surface area contributed by atoms with Crippen LogP contribution in [0.2, 0.25) is 0 Å². The van der Waals surface area contributed by atoms with Gasteiger partial charge in [0.05, 0.1) is 27.3 Å². The third-order valence-corrected chi connectivity index (χ3v) is 7.48. The van der Waals surface area contributed by atoms with Crippen LogP contribution in [0.3, 0.4) is 0 Å². The summed E-state index contributed by atoms with van der Waals surface area (Å²) in [6.07, 6.45) is 4.56. The average molecular weight is 453 g/mol. The van der Waals surface area contributed by atoms with Gasteiger partial charge < -0.3 is 5.32 Å². The van der Waals surface area contributed by atoms with Crippen molar-refractivity contribution in [1.29, 1.82) is 0 Å². The van der Waals surface area contributed by atoms with Crippen LogP contribution in [0.1, 0.15) is 53.0 Å². The second kappa shape index (κ2) is 9.34. The number of aryl methyl sites for hydroxylation is 2. The maximum absolute atomic E-state index is 12.5. The molecule has 7 nitrogen and oxygen atoms in total. The molecule has 32 heavy (non-hydrogen) atoms. The fourth-order valence-corrected chi connectivity index (χ4v) is 5.27. The minimum Gasteiger partial charge on any atom is -0.352 e. The van der Waals surface area contributed by atoms with Gasteiger partial charge in [-0.25, -0.2) is 23.1 Å². The van der Waals surface area contributed by atoms with E-state index in [0.717, 1.165) is 48.2 Å². The molecular weight excluding hydrogens is 424 g/mol. The zero-order chi connectivity index (χ0) is 22.7. The minimum atomic E-state index is -3.49. The van der Waals surface area contributed by atoms with Gasteiger partial charge in [0.25, 0.3) is 5.91 Å². The van der Waals surface area contributed by atoms with Gasteiger partial charge in [0.2, 0.25) is 10.0 Å². The minimum absolute atomic E-state index is 0.0453. The molecule has 4 rings (SSSR count). The Labute approximate surface area is 188 Å². The number of benzene rings is 2. The highest BCUT2D eigenvalue weighted by molar-refractivity contribution is 7.89. The first-order valence-corrected chi connectivity index (χ1v) is 12.4. The molecule has 1 aliphatic carbocycles. The number of fused-ring (bicyclic) bond motifs is 1. The van der Waals surface area contributed by atoms with Crippen molar-refractivity contribution in [1.82, 2.24) is 20.0 Å². The molecule has 0 spiro atoms. The highest BCUT2D eigenvalue weighted by Crippen LogP contribution is 2.21. The zero-order valence-electron chi connectivity index (χ0n) is 18.4. The zero-order valence-corrected chi connectivity index (χ0v) is 19.2. The lowest BCUT2D eigenvalue weighted by atomic mass is 10.1. The number of nitrogens with one attached hydrogen (secondary N) is 2. The van der Waals surface area contributed by atoms with Crippen molar-refractivity contribution in [3.05, 3.63) is 65.0 Å². The van der Waals surface area contributed by atoms with E-state index in [4.69, 9.17) is 0 Å². The van der Waals surface area contributed by atoms with E-state index in [9.17, 15) is 13.2 Å². The summed E-state index contributed by atoms with van der Waals surface area (Å²) in [5.74, 6) is -0.174. The Hall–Kier alpha value is -2.84. The van der Waals surface area contributed by atoms with E-state index in [1.54, 1.807) is 36.4 Å². The number of aromatic nitrogens is 2. The van der Waals surface area contributed by atoms with Crippen LogP contribution in [0.15, 0.2) is 47.4 Å². The van der Waals surface area contributed by atoms with Crippen LogP contribution in [-0.4, -0.2) is 36.9 Å². The quantitative estimate of drug-likeness (QED) is 0.572. The molecule has 1 heterocycles. The maximum Gasteiger partial charge on any atom is 0.251 e. The van der Waals surface area contributed by atoms with E-state index in [1.807, 2.05) is 19.9 Å². The summed E-state index contributed by atoms with van der Waals surface area (Å²) >= 11 is 0. The molecule has 0 atom stereocenters. The molecule has 1 fully saturated rings. The molecule has 0 bridgehead atoms. The Morgan fingerprint density at radius 1 is 0.969 bits per heavy atom. The topological polar surface area (TPSA) is 101 Å². The van der Waals surface area contributed by atoms with Crippen LogP contribution in [-0.2, 0) is 16.4 Å². The molecule has 2 N–H and O–H groups in total. The summed E-state index contributed by atoms with van der Waals surface area (Å²) in [4.78, 5) is 21.8. The van der Waals surface area contributed by atoms with Crippen molar-refractivity contribution in [3.8, 4) is 0 Å². The van der Waals surface area contributed by atoms with E-state index in [2.05, 4.69) is 20.0 Å². The van der Waals surface area contributed by atoms with Crippen molar-refractivity contribution >= 4 is 27.0 Å². The highest BCUT2D eigenvalue weighted by atomic mass is 32.2. The Morgan fingerprint density at radius 3 is 2.31 bits per heavy atom. The molecule has 1 aromatic heterocycles. The van der Waals surface area contributed by atoms with Crippen LogP contribution < -0.4 is 10.0 Å². The lowest BCUT2D eigenvalue weighted by molar-refractivity contribution is 0.0954. The second-order valence-electron chi connectivity index (χ2n) is 8.35. The van der Waals surface area contributed by atoms with Crippen molar-refractivity contribution in [2.75, 3.05) is 6.54 Å². The molecular formula is C24H28N4O3S. The monoisotopic (exact) mass is 452 g/mol.